The Balaban J connectivity index is 1.26. The summed E-state index contributed by atoms with van der Waals surface area (Å²) in [5.74, 6) is 0.444. The third kappa shape index (κ3) is 4.61. The van der Waals surface area contributed by atoms with Crippen LogP contribution in [-0.2, 0) is 19.9 Å². The van der Waals surface area contributed by atoms with Crippen LogP contribution >= 0.6 is 23.2 Å². The molecular formula is C28H28Cl2N6O. The maximum absolute atomic E-state index is 13.3. The number of hydrogen-bond donors (Lipinski definition) is 1. The van der Waals surface area contributed by atoms with E-state index in [1.807, 2.05) is 11.6 Å². The highest BCUT2D eigenvalue weighted by molar-refractivity contribution is 6.39. The highest BCUT2D eigenvalue weighted by Crippen LogP contribution is 2.34. The number of nitrogens with zero attached hydrogens (tertiary/aromatic N) is 5. The Morgan fingerprint density at radius 3 is 2.46 bits per heavy atom. The lowest BCUT2D eigenvalue weighted by atomic mass is 10.1. The van der Waals surface area contributed by atoms with Gasteiger partial charge < -0.3 is 14.8 Å². The predicted octanol–water partition coefficient (Wildman–Crippen LogP) is 4.76. The van der Waals surface area contributed by atoms with Gasteiger partial charge in [0.2, 0.25) is 11.4 Å². The molecule has 7 nitrogen and oxygen atoms in total. The van der Waals surface area contributed by atoms with Crippen LogP contribution in [0.2, 0.25) is 10.0 Å². The first kappa shape index (κ1) is 24.4. The molecule has 2 aromatic heterocycles. The van der Waals surface area contributed by atoms with E-state index in [9.17, 15) is 4.79 Å². The molecule has 4 aromatic rings. The van der Waals surface area contributed by atoms with Crippen molar-refractivity contribution in [1.29, 1.82) is 0 Å². The summed E-state index contributed by atoms with van der Waals surface area (Å²) >= 11 is 12.8. The fourth-order valence-electron chi connectivity index (χ4n) is 5.50. The van der Waals surface area contributed by atoms with Gasteiger partial charge in [0.15, 0.2) is 0 Å². The number of piperazine rings is 1. The fraction of sp³-hybridized carbons (Fsp3) is 0.321. The predicted molar refractivity (Wildman–Crippen MR) is 150 cm³/mol. The maximum Gasteiger partial charge on any atom is 0.229 e. The number of halogens is 2. The number of fused-ring (bicyclic) bond motifs is 2. The van der Waals surface area contributed by atoms with Crippen LogP contribution in [0.5, 0.6) is 0 Å². The van der Waals surface area contributed by atoms with Crippen molar-refractivity contribution in [3.8, 4) is 11.1 Å². The van der Waals surface area contributed by atoms with Crippen LogP contribution in [0.1, 0.15) is 11.1 Å². The Hall–Kier alpha value is -2.97. The minimum atomic E-state index is -0.206. The first-order valence-electron chi connectivity index (χ1n) is 12.5. The van der Waals surface area contributed by atoms with Gasteiger partial charge in [-0.2, -0.15) is 4.98 Å². The molecule has 0 spiro atoms. The molecule has 0 saturated carbocycles. The van der Waals surface area contributed by atoms with Gasteiger partial charge in [-0.15, -0.1) is 0 Å². The molecule has 0 amide bonds. The van der Waals surface area contributed by atoms with Gasteiger partial charge in [-0.1, -0.05) is 35.3 Å². The van der Waals surface area contributed by atoms with Crippen molar-refractivity contribution in [3.63, 3.8) is 0 Å². The molecule has 6 rings (SSSR count). The first-order valence-corrected chi connectivity index (χ1v) is 13.2. The van der Waals surface area contributed by atoms with Crippen molar-refractivity contribution < 1.29 is 0 Å². The molecule has 190 valence electrons. The minimum absolute atomic E-state index is 0.206. The van der Waals surface area contributed by atoms with Gasteiger partial charge in [-0.3, -0.25) is 9.69 Å². The Labute approximate surface area is 225 Å². The van der Waals surface area contributed by atoms with E-state index in [4.69, 9.17) is 23.2 Å². The number of aromatic nitrogens is 3. The number of aryl methyl sites for hydroxylation is 1. The second-order valence-electron chi connectivity index (χ2n) is 10.0. The molecule has 3 heterocycles. The van der Waals surface area contributed by atoms with E-state index in [0.29, 0.717) is 44.2 Å². The second kappa shape index (κ2) is 9.72. The van der Waals surface area contributed by atoms with Crippen LogP contribution in [0.15, 0.2) is 53.6 Å². The van der Waals surface area contributed by atoms with Crippen molar-refractivity contribution >= 4 is 45.9 Å². The highest BCUT2D eigenvalue weighted by Gasteiger charge is 2.28. The number of hydrogen-bond acceptors (Lipinski definition) is 6. The number of pyridine rings is 1. The molecule has 1 unspecified atom stereocenters. The fourth-order valence-corrected chi connectivity index (χ4v) is 6.10. The molecule has 0 bridgehead atoms. The zero-order chi connectivity index (χ0) is 25.7. The van der Waals surface area contributed by atoms with Gasteiger partial charge in [0, 0.05) is 68.5 Å². The van der Waals surface area contributed by atoms with E-state index in [-0.39, 0.29) is 5.43 Å². The zero-order valence-electron chi connectivity index (χ0n) is 20.8. The van der Waals surface area contributed by atoms with Crippen LogP contribution in [0, 0.1) is 0 Å². The molecule has 1 atom stereocenters. The second-order valence-corrected chi connectivity index (χ2v) is 10.8. The molecule has 2 aromatic carbocycles. The summed E-state index contributed by atoms with van der Waals surface area (Å²) in [6.07, 6.45) is 5.46. The summed E-state index contributed by atoms with van der Waals surface area (Å²) in [7, 11) is 4.04. The van der Waals surface area contributed by atoms with E-state index in [1.54, 1.807) is 30.6 Å². The highest BCUT2D eigenvalue weighted by atomic mass is 35.5. The summed E-state index contributed by atoms with van der Waals surface area (Å²) < 4.78 is 1.81. The number of anilines is 2. The van der Waals surface area contributed by atoms with E-state index < -0.39 is 0 Å². The van der Waals surface area contributed by atoms with Crippen molar-refractivity contribution in [3.05, 3.63) is 80.2 Å². The maximum atomic E-state index is 13.3. The van der Waals surface area contributed by atoms with Gasteiger partial charge >= 0.3 is 0 Å². The Kier molecular flexibility index (Phi) is 6.41. The average Bonchev–Trinajstić information content (AvgIpc) is 3.31. The van der Waals surface area contributed by atoms with Crippen LogP contribution in [0.4, 0.5) is 11.6 Å². The Morgan fingerprint density at radius 1 is 0.973 bits per heavy atom. The number of rotatable bonds is 4. The number of nitrogens with one attached hydrogen (secondary N) is 1. The molecular weight excluding hydrogens is 507 g/mol. The molecule has 1 N–H and O–H groups in total. The third-order valence-electron chi connectivity index (χ3n) is 7.57. The van der Waals surface area contributed by atoms with Crippen LogP contribution in [0.25, 0.3) is 22.2 Å². The molecule has 1 fully saturated rings. The largest absolute Gasteiger partial charge is 0.335 e. The molecule has 1 aliphatic carbocycles. The van der Waals surface area contributed by atoms with Crippen LogP contribution in [0.3, 0.4) is 0 Å². The molecule has 9 heteroatoms. The number of benzene rings is 2. The van der Waals surface area contributed by atoms with Gasteiger partial charge in [-0.05, 0) is 55.3 Å². The molecule has 1 saturated heterocycles. The van der Waals surface area contributed by atoms with Crippen molar-refractivity contribution in [2.75, 3.05) is 38.5 Å². The van der Waals surface area contributed by atoms with Gasteiger partial charge in [0.1, 0.15) is 5.65 Å². The molecule has 37 heavy (non-hydrogen) atoms. The summed E-state index contributed by atoms with van der Waals surface area (Å²) in [6, 6.07) is 12.3. The summed E-state index contributed by atoms with van der Waals surface area (Å²) in [4.78, 5) is 27.5. The van der Waals surface area contributed by atoms with Crippen molar-refractivity contribution in [1.82, 2.24) is 24.3 Å². The standard InChI is InChI=1S/C28H28Cl2N6O/c1-34-8-10-36(11-9-34)20-13-17-6-7-19(12-18(17)14-20)32-28-31-15-21-26(37)22(16-35(2)27(21)33-28)25-23(29)4-3-5-24(25)30/h3-7,12,15-16,20H,8-11,13-14H2,1-2H3,(H,31,32,33). The lowest BCUT2D eigenvalue weighted by Crippen LogP contribution is -2.49. The minimum Gasteiger partial charge on any atom is -0.335 e. The Morgan fingerprint density at radius 2 is 1.70 bits per heavy atom. The van der Waals surface area contributed by atoms with Crippen molar-refractivity contribution in [2.24, 2.45) is 7.05 Å². The lowest BCUT2D eigenvalue weighted by molar-refractivity contribution is 0.115. The van der Waals surface area contributed by atoms with Crippen LogP contribution < -0.4 is 10.7 Å². The normalized spacial score (nSPS) is 18.3. The van der Waals surface area contributed by atoms with Gasteiger partial charge in [0.25, 0.3) is 0 Å². The monoisotopic (exact) mass is 534 g/mol. The SMILES string of the molecule is CN1CCN(C2Cc3ccc(Nc4ncc5c(=O)c(-c6c(Cl)cccc6Cl)cn(C)c5n4)cc3C2)CC1. The van der Waals surface area contributed by atoms with Gasteiger partial charge in [-0.25, -0.2) is 4.98 Å². The smallest absolute Gasteiger partial charge is 0.229 e. The number of likely N-dealkylation sites (N-methyl/N-ethyl adjacent to an activating group) is 1. The molecule has 1 aliphatic heterocycles. The summed E-state index contributed by atoms with van der Waals surface area (Å²) in [5.41, 5.74) is 5.01. The zero-order valence-corrected chi connectivity index (χ0v) is 22.4. The molecule has 2 aliphatic rings. The van der Waals surface area contributed by atoms with Crippen molar-refractivity contribution in [2.45, 2.75) is 18.9 Å². The van der Waals surface area contributed by atoms with Gasteiger partial charge in [0.05, 0.1) is 15.4 Å². The summed E-state index contributed by atoms with van der Waals surface area (Å²) in [5, 5.41) is 4.60. The van der Waals surface area contributed by atoms with E-state index >= 15 is 0 Å². The summed E-state index contributed by atoms with van der Waals surface area (Å²) in [6.45, 7) is 4.53. The molecule has 0 radical (unpaired) electrons. The van der Waals surface area contributed by atoms with E-state index in [1.165, 1.54) is 11.1 Å². The quantitative estimate of drug-likeness (QED) is 0.407. The third-order valence-corrected chi connectivity index (χ3v) is 8.20. The average molecular weight is 535 g/mol. The van der Waals surface area contributed by atoms with E-state index in [2.05, 4.69) is 50.3 Å². The lowest BCUT2D eigenvalue weighted by Gasteiger charge is -2.36. The topological polar surface area (TPSA) is 66.3 Å². The van der Waals surface area contributed by atoms with E-state index in [0.717, 1.165) is 44.7 Å². The first-order chi connectivity index (χ1) is 17.9. The van der Waals surface area contributed by atoms with Crippen LogP contribution in [-0.4, -0.2) is 63.6 Å². The Bertz CT molecular complexity index is 1540.